The van der Waals surface area contributed by atoms with E-state index in [-0.39, 0.29) is 5.91 Å². The van der Waals surface area contributed by atoms with Crippen molar-refractivity contribution in [3.8, 4) is 5.75 Å². The van der Waals surface area contributed by atoms with Crippen LogP contribution in [0.3, 0.4) is 0 Å². The highest BCUT2D eigenvalue weighted by atomic mass is 35.5. The van der Waals surface area contributed by atoms with Gasteiger partial charge in [0, 0.05) is 11.1 Å². The van der Waals surface area contributed by atoms with E-state index in [0.29, 0.717) is 16.8 Å². The van der Waals surface area contributed by atoms with Crippen LogP contribution in [0.4, 0.5) is 0 Å². The molecule has 0 saturated heterocycles. The van der Waals surface area contributed by atoms with Gasteiger partial charge >= 0.3 is 0 Å². The lowest BCUT2D eigenvalue weighted by atomic mass is 10.1. The first kappa shape index (κ1) is 15.2. The van der Waals surface area contributed by atoms with Crippen molar-refractivity contribution in [1.29, 1.82) is 0 Å². The van der Waals surface area contributed by atoms with Crippen molar-refractivity contribution >= 4 is 17.5 Å². The van der Waals surface area contributed by atoms with Crippen molar-refractivity contribution in [3.05, 3.63) is 29.3 Å². The molecule has 3 nitrogen and oxygen atoms in total. The van der Waals surface area contributed by atoms with Gasteiger partial charge in [0.05, 0.1) is 0 Å². The van der Waals surface area contributed by atoms with Gasteiger partial charge in [-0.1, -0.05) is 37.3 Å². The van der Waals surface area contributed by atoms with Gasteiger partial charge in [-0.15, -0.1) is 0 Å². The number of hydrogen-bond acceptors (Lipinski definition) is 2. The fourth-order valence-electron chi connectivity index (χ4n) is 2.51. The first-order chi connectivity index (χ1) is 9.65. The minimum Gasteiger partial charge on any atom is -0.481 e. The zero-order valence-corrected chi connectivity index (χ0v) is 12.7. The third-order valence-electron chi connectivity index (χ3n) is 3.70. The Morgan fingerprint density at radius 2 is 1.80 bits per heavy atom. The van der Waals surface area contributed by atoms with Crippen LogP contribution in [0, 0.1) is 0 Å². The van der Waals surface area contributed by atoms with Crippen LogP contribution < -0.4 is 10.1 Å². The molecule has 0 radical (unpaired) electrons. The maximum Gasteiger partial charge on any atom is 0.260 e. The molecule has 110 valence electrons. The van der Waals surface area contributed by atoms with Gasteiger partial charge < -0.3 is 10.1 Å². The molecular formula is C16H22ClNO2. The second kappa shape index (κ2) is 7.53. The van der Waals surface area contributed by atoms with Crippen LogP contribution in [0.15, 0.2) is 24.3 Å². The molecule has 20 heavy (non-hydrogen) atoms. The van der Waals surface area contributed by atoms with Crippen molar-refractivity contribution in [1.82, 2.24) is 5.32 Å². The number of amides is 1. The van der Waals surface area contributed by atoms with E-state index in [0.717, 1.165) is 12.8 Å². The highest BCUT2D eigenvalue weighted by Gasteiger charge is 2.19. The van der Waals surface area contributed by atoms with E-state index in [1.54, 1.807) is 31.2 Å². The Kier molecular flexibility index (Phi) is 5.72. The first-order valence-corrected chi connectivity index (χ1v) is 7.75. The molecule has 0 aromatic heterocycles. The summed E-state index contributed by atoms with van der Waals surface area (Å²) in [6.45, 7) is 1.78. The Hall–Kier alpha value is -1.22. The topological polar surface area (TPSA) is 38.3 Å². The van der Waals surface area contributed by atoms with Gasteiger partial charge in [-0.3, -0.25) is 4.79 Å². The smallest absolute Gasteiger partial charge is 0.260 e. The number of ether oxygens (including phenoxy) is 1. The van der Waals surface area contributed by atoms with Gasteiger partial charge in [0.25, 0.3) is 5.91 Å². The van der Waals surface area contributed by atoms with Crippen LogP contribution in [0.5, 0.6) is 5.75 Å². The average molecular weight is 296 g/mol. The Labute approximate surface area is 125 Å². The van der Waals surface area contributed by atoms with E-state index in [4.69, 9.17) is 16.3 Å². The molecule has 1 fully saturated rings. The summed E-state index contributed by atoms with van der Waals surface area (Å²) < 4.78 is 5.63. The normalized spacial score (nSPS) is 18.1. The maximum atomic E-state index is 12.1. The molecule has 1 aliphatic carbocycles. The van der Waals surface area contributed by atoms with Crippen molar-refractivity contribution in [2.45, 2.75) is 57.6 Å². The van der Waals surface area contributed by atoms with Gasteiger partial charge in [-0.2, -0.15) is 0 Å². The summed E-state index contributed by atoms with van der Waals surface area (Å²) >= 11 is 5.82. The number of carbonyl (C=O) groups excluding carboxylic acids is 1. The number of carbonyl (C=O) groups is 1. The Balaban J connectivity index is 1.83. The Bertz CT molecular complexity index is 425. The van der Waals surface area contributed by atoms with Crippen LogP contribution in [0.25, 0.3) is 0 Å². The molecule has 1 aromatic carbocycles. The molecule has 1 amide bonds. The molecule has 0 aliphatic heterocycles. The van der Waals surface area contributed by atoms with Crippen LogP contribution in [-0.2, 0) is 4.79 Å². The molecule has 1 atom stereocenters. The summed E-state index contributed by atoms with van der Waals surface area (Å²) in [5.74, 6) is 0.629. The molecule has 4 heteroatoms. The van der Waals surface area contributed by atoms with Gasteiger partial charge in [-0.05, 0) is 44.0 Å². The second-order valence-corrected chi connectivity index (χ2v) is 5.85. The van der Waals surface area contributed by atoms with Crippen LogP contribution in [0.1, 0.15) is 45.4 Å². The minimum atomic E-state index is -0.487. The molecule has 1 aromatic rings. The predicted molar refractivity (Wildman–Crippen MR) is 81.2 cm³/mol. The molecule has 0 spiro atoms. The zero-order valence-electron chi connectivity index (χ0n) is 11.9. The lowest BCUT2D eigenvalue weighted by Crippen LogP contribution is -2.42. The van der Waals surface area contributed by atoms with E-state index in [1.165, 1.54) is 25.7 Å². The number of benzene rings is 1. The van der Waals surface area contributed by atoms with E-state index in [9.17, 15) is 4.79 Å². The van der Waals surface area contributed by atoms with Gasteiger partial charge in [-0.25, -0.2) is 0 Å². The molecule has 1 N–H and O–H groups in total. The van der Waals surface area contributed by atoms with Crippen molar-refractivity contribution in [2.24, 2.45) is 0 Å². The molecule has 0 unspecified atom stereocenters. The van der Waals surface area contributed by atoms with Gasteiger partial charge in [0.1, 0.15) is 5.75 Å². The minimum absolute atomic E-state index is 0.0353. The van der Waals surface area contributed by atoms with Crippen LogP contribution in [0.2, 0.25) is 5.02 Å². The quantitative estimate of drug-likeness (QED) is 0.854. The highest BCUT2D eigenvalue weighted by Crippen LogP contribution is 2.19. The summed E-state index contributed by atoms with van der Waals surface area (Å²) in [6, 6.07) is 7.37. The van der Waals surface area contributed by atoms with E-state index < -0.39 is 6.10 Å². The lowest BCUT2D eigenvalue weighted by molar-refractivity contribution is -0.128. The van der Waals surface area contributed by atoms with Gasteiger partial charge in [0.15, 0.2) is 6.10 Å². The summed E-state index contributed by atoms with van der Waals surface area (Å²) in [6.07, 6.45) is 6.65. The first-order valence-electron chi connectivity index (χ1n) is 7.38. The molecule has 1 aliphatic rings. The second-order valence-electron chi connectivity index (χ2n) is 5.41. The van der Waals surface area contributed by atoms with Gasteiger partial charge in [0.2, 0.25) is 0 Å². The third kappa shape index (κ3) is 4.71. The molecule has 0 bridgehead atoms. The van der Waals surface area contributed by atoms with E-state index in [2.05, 4.69) is 5.32 Å². The molecular weight excluding hydrogens is 274 g/mol. The Morgan fingerprint density at radius 3 is 2.40 bits per heavy atom. The van der Waals surface area contributed by atoms with Crippen molar-refractivity contribution < 1.29 is 9.53 Å². The van der Waals surface area contributed by atoms with Crippen molar-refractivity contribution in [2.75, 3.05) is 0 Å². The average Bonchev–Trinajstić information content (AvgIpc) is 2.70. The fourth-order valence-corrected chi connectivity index (χ4v) is 2.64. The number of hydrogen-bond donors (Lipinski definition) is 1. The summed E-state index contributed by atoms with van der Waals surface area (Å²) in [4.78, 5) is 12.1. The van der Waals surface area contributed by atoms with E-state index >= 15 is 0 Å². The standard InChI is InChI=1S/C16H22ClNO2/c1-12(20-15-10-8-13(17)9-11-15)16(19)18-14-6-4-2-3-5-7-14/h8-12,14H,2-7H2,1H3,(H,18,19)/t12-/m0/s1. The monoisotopic (exact) mass is 295 g/mol. The molecule has 0 heterocycles. The Morgan fingerprint density at radius 1 is 1.20 bits per heavy atom. The number of halogens is 1. The fraction of sp³-hybridized carbons (Fsp3) is 0.562. The molecule has 2 rings (SSSR count). The summed E-state index contributed by atoms with van der Waals surface area (Å²) in [7, 11) is 0. The third-order valence-corrected chi connectivity index (χ3v) is 3.95. The zero-order chi connectivity index (χ0) is 14.4. The predicted octanol–water partition coefficient (Wildman–Crippen LogP) is 3.95. The maximum absolute atomic E-state index is 12.1. The number of nitrogens with one attached hydrogen (secondary N) is 1. The number of rotatable bonds is 4. The summed E-state index contributed by atoms with van der Waals surface area (Å²) in [5.41, 5.74) is 0. The lowest BCUT2D eigenvalue weighted by Gasteiger charge is -2.20. The highest BCUT2D eigenvalue weighted by molar-refractivity contribution is 6.30. The van der Waals surface area contributed by atoms with Crippen LogP contribution >= 0.6 is 11.6 Å². The summed E-state index contributed by atoms with van der Waals surface area (Å²) in [5, 5.41) is 3.76. The largest absolute Gasteiger partial charge is 0.481 e. The van der Waals surface area contributed by atoms with Crippen LogP contribution in [-0.4, -0.2) is 18.1 Å². The van der Waals surface area contributed by atoms with E-state index in [1.807, 2.05) is 0 Å². The molecule has 1 saturated carbocycles. The van der Waals surface area contributed by atoms with Crippen molar-refractivity contribution in [3.63, 3.8) is 0 Å². The SMILES string of the molecule is C[C@H](Oc1ccc(Cl)cc1)C(=O)NC1CCCCCC1.